The van der Waals surface area contributed by atoms with Crippen LogP contribution in [0.1, 0.15) is 27.8 Å². The van der Waals surface area contributed by atoms with E-state index in [2.05, 4.69) is 25.1 Å². The molecule has 0 unspecified atom stereocenters. The van der Waals surface area contributed by atoms with Gasteiger partial charge in [0.1, 0.15) is 11.5 Å². The second-order valence-electron chi connectivity index (χ2n) is 7.75. The summed E-state index contributed by atoms with van der Waals surface area (Å²) in [7, 11) is 0. The standard InChI is InChI=1S/C21H21FN6O/c22-16-3-1-2-14(8-16)20-18-13-27(12-17-4-5-25-26-17)10-15(18)11-28(20)21(29)19-9-23-6-7-24-19/h1-9,15,18,20H,10-13H2,(H,25,26)/t15-,18-,20+/m0/s1. The van der Waals surface area contributed by atoms with Crippen molar-refractivity contribution in [2.24, 2.45) is 11.8 Å². The molecule has 5 rings (SSSR count). The number of carbonyl (C=O) groups excluding carboxylic acids is 1. The smallest absolute Gasteiger partial charge is 0.274 e. The predicted molar refractivity (Wildman–Crippen MR) is 103 cm³/mol. The Bertz CT molecular complexity index is 995. The number of carbonyl (C=O) groups is 1. The molecule has 2 fully saturated rings. The number of hydrogen-bond acceptors (Lipinski definition) is 5. The summed E-state index contributed by atoms with van der Waals surface area (Å²) in [6.07, 6.45) is 6.31. The monoisotopic (exact) mass is 392 g/mol. The first-order valence-electron chi connectivity index (χ1n) is 9.72. The van der Waals surface area contributed by atoms with Gasteiger partial charge < -0.3 is 4.90 Å². The third-order valence-electron chi connectivity index (χ3n) is 5.93. The Labute approximate surface area is 167 Å². The normalized spacial score (nSPS) is 24.0. The van der Waals surface area contributed by atoms with Crippen LogP contribution in [0.15, 0.2) is 55.1 Å². The number of halogens is 1. The number of hydrogen-bond donors (Lipinski definition) is 1. The highest BCUT2D eigenvalue weighted by molar-refractivity contribution is 5.92. The lowest BCUT2D eigenvalue weighted by Gasteiger charge is -2.29. The summed E-state index contributed by atoms with van der Waals surface area (Å²) in [5.41, 5.74) is 2.22. The predicted octanol–water partition coefficient (Wildman–Crippen LogP) is 2.28. The topological polar surface area (TPSA) is 78.0 Å². The van der Waals surface area contributed by atoms with Crippen LogP contribution >= 0.6 is 0 Å². The molecule has 1 N–H and O–H groups in total. The number of likely N-dealkylation sites (tertiary alicyclic amines) is 2. The Morgan fingerprint density at radius 1 is 1.17 bits per heavy atom. The minimum atomic E-state index is -0.287. The second-order valence-corrected chi connectivity index (χ2v) is 7.75. The molecule has 0 radical (unpaired) electrons. The maximum Gasteiger partial charge on any atom is 0.274 e. The van der Waals surface area contributed by atoms with E-state index in [1.807, 2.05) is 17.0 Å². The summed E-state index contributed by atoms with van der Waals surface area (Å²) < 4.78 is 14.0. The molecule has 29 heavy (non-hydrogen) atoms. The number of nitrogens with one attached hydrogen (secondary N) is 1. The van der Waals surface area contributed by atoms with Gasteiger partial charge in [0.15, 0.2) is 0 Å². The van der Waals surface area contributed by atoms with Crippen molar-refractivity contribution in [3.63, 3.8) is 0 Å². The molecule has 2 saturated heterocycles. The number of H-pyrrole nitrogens is 1. The number of rotatable bonds is 4. The van der Waals surface area contributed by atoms with Gasteiger partial charge in [0.2, 0.25) is 0 Å². The second kappa shape index (κ2) is 7.36. The van der Waals surface area contributed by atoms with Gasteiger partial charge >= 0.3 is 0 Å². The Hall–Kier alpha value is -3.13. The van der Waals surface area contributed by atoms with Gasteiger partial charge in [-0.1, -0.05) is 12.1 Å². The van der Waals surface area contributed by atoms with Crippen molar-refractivity contribution in [1.82, 2.24) is 30.0 Å². The fourth-order valence-electron chi connectivity index (χ4n) is 4.76. The molecule has 0 saturated carbocycles. The highest BCUT2D eigenvalue weighted by Crippen LogP contribution is 2.45. The van der Waals surface area contributed by atoms with E-state index in [-0.39, 0.29) is 23.7 Å². The number of amides is 1. The van der Waals surface area contributed by atoms with Gasteiger partial charge in [0, 0.05) is 56.4 Å². The van der Waals surface area contributed by atoms with Crippen LogP contribution in [0.25, 0.3) is 0 Å². The van der Waals surface area contributed by atoms with Crippen LogP contribution in [0.3, 0.4) is 0 Å². The zero-order valence-corrected chi connectivity index (χ0v) is 15.8. The van der Waals surface area contributed by atoms with Crippen LogP contribution in [-0.4, -0.2) is 55.5 Å². The van der Waals surface area contributed by atoms with Crippen molar-refractivity contribution in [3.8, 4) is 0 Å². The summed E-state index contributed by atoms with van der Waals surface area (Å²) >= 11 is 0. The minimum absolute atomic E-state index is 0.151. The van der Waals surface area contributed by atoms with Crippen molar-refractivity contribution in [2.75, 3.05) is 19.6 Å². The molecule has 8 heteroatoms. The first-order chi connectivity index (χ1) is 14.2. The first-order valence-corrected chi connectivity index (χ1v) is 9.72. The summed E-state index contributed by atoms with van der Waals surface area (Å²) in [5, 5.41) is 7.03. The average Bonchev–Trinajstić information content (AvgIpc) is 3.45. The highest BCUT2D eigenvalue weighted by atomic mass is 19.1. The van der Waals surface area contributed by atoms with Gasteiger partial charge in [-0.25, -0.2) is 9.37 Å². The molecule has 2 aliphatic rings. The SMILES string of the molecule is O=C(c1cnccn1)N1C[C@@H]2CN(Cc3ccn[nH]3)C[C@@H]2[C@H]1c1cccc(F)c1. The van der Waals surface area contributed by atoms with Crippen molar-refractivity contribution < 1.29 is 9.18 Å². The maximum atomic E-state index is 14.0. The van der Waals surface area contributed by atoms with Gasteiger partial charge in [0.05, 0.1) is 12.2 Å². The number of benzene rings is 1. The third-order valence-corrected chi connectivity index (χ3v) is 5.93. The van der Waals surface area contributed by atoms with Crippen molar-refractivity contribution >= 4 is 5.91 Å². The molecular formula is C21H21FN6O. The van der Waals surface area contributed by atoms with E-state index < -0.39 is 0 Å². The number of aromatic nitrogens is 4. The lowest BCUT2D eigenvalue weighted by atomic mass is 9.89. The van der Waals surface area contributed by atoms with Crippen LogP contribution in [0.5, 0.6) is 0 Å². The summed E-state index contributed by atoms with van der Waals surface area (Å²) in [6.45, 7) is 3.15. The molecule has 0 bridgehead atoms. The van der Waals surface area contributed by atoms with Crippen molar-refractivity contribution in [3.05, 3.63) is 77.9 Å². The largest absolute Gasteiger partial charge is 0.330 e. The Balaban J connectivity index is 1.44. The van der Waals surface area contributed by atoms with E-state index in [9.17, 15) is 9.18 Å². The molecule has 148 valence electrons. The summed E-state index contributed by atoms with van der Waals surface area (Å²) in [5.74, 6) is 0.124. The molecule has 0 spiro atoms. The van der Waals surface area contributed by atoms with Gasteiger partial charge in [-0.3, -0.25) is 19.8 Å². The molecule has 1 amide bonds. The molecule has 3 aromatic rings. The van der Waals surface area contributed by atoms with E-state index in [1.165, 1.54) is 18.5 Å². The van der Waals surface area contributed by atoms with Crippen LogP contribution in [0, 0.1) is 17.7 Å². The molecule has 0 aliphatic carbocycles. The van der Waals surface area contributed by atoms with E-state index >= 15 is 0 Å². The van der Waals surface area contributed by atoms with Crippen LogP contribution in [0.2, 0.25) is 0 Å². The molecule has 1 aromatic carbocycles. The Morgan fingerprint density at radius 2 is 2.10 bits per heavy atom. The zero-order chi connectivity index (χ0) is 19.8. The van der Waals surface area contributed by atoms with E-state index in [1.54, 1.807) is 24.5 Å². The van der Waals surface area contributed by atoms with Gasteiger partial charge in [-0.2, -0.15) is 5.10 Å². The van der Waals surface area contributed by atoms with Crippen LogP contribution < -0.4 is 0 Å². The van der Waals surface area contributed by atoms with Crippen molar-refractivity contribution in [1.29, 1.82) is 0 Å². The summed E-state index contributed by atoms with van der Waals surface area (Å²) in [4.78, 5) is 25.6. The fraction of sp³-hybridized carbons (Fsp3) is 0.333. The third kappa shape index (κ3) is 3.40. The van der Waals surface area contributed by atoms with E-state index in [0.717, 1.165) is 30.9 Å². The van der Waals surface area contributed by atoms with E-state index in [0.29, 0.717) is 18.2 Å². The lowest BCUT2D eigenvalue weighted by molar-refractivity contribution is 0.0692. The lowest BCUT2D eigenvalue weighted by Crippen LogP contribution is -2.36. The summed E-state index contributed by atoms with van der Waals surface area (Å²) in [6, 6.07) is 8.38. The molecule has 2 aromatic heterocycles. The maximum absolute atomic E-state index is 14.0. The number of aromatic amines is 1. The Morgan fingerprint density at radius 3 is 2.86 bits per heavy atom. The molecule has 3 atom stereocenters. The van der Waals surface area contributed by atoms with Crippen LogP contribution in [-0.2, 0) is 6.54 Å². The molecule has 7 nitrogen and oxygen atoms in total. The molecular weight excluding hydrogens is 371 g/mol. The average molecular weight is 392 g/mol. The quantitative estimate of drug-likeness (QED) is 0.737. The fourth-order valence-corrected chi connectivity index (χ4v) is 4.76. The van der Waals surface area contributed by atoms with Gasteiger partial charge in [-0.05, 0) is 29.7 Å². The van der Waals surface area contributed by atoms with E-state index in [4.69, 9.17) is 0 Å². The molecule has 2 aliphatic heterocycles. The molecule has 4 heterocycles. The Kier molecular flexibility index (Phi) is 4.55. The van der Waals surface area contributed by atoms with Crippen molar-refractivity contribution in [2.45, 2.75) is 12.6 Å². The number of nitrogens with zero attached hydrogens (tertiary/aromatic N) is 5. The first kappa shape index (κ1) is 17.9. The van der Waals surface area contributed by atoms with Crippen LogP contribution in [0.4, 0.5) is 4.39 Å². The van der Waals surface area contributed by atoms with Gasteiger partial charge in [-0.15, -0.1) is 0 Å². The zero-order valence-electron chi connectivity index (χ0n) is 15.8. The highest BCUT2D eigenvalue weighted by Gasteiger charge is 2.49. The minimum Gasteiger partial charge on any atom is -0.330 e. The van der Waals surface area contributed by atoms with Gasteiger partial charge in [0.25, 0.3) is 5.91 Å². The number of fused-ring (bicyclic) bond motifs is 1.